The molecular formula is C9H10ClNO2. The molecule has 0 radical (unpaired) electrons. The topological polar surface area (TPSA) is 43.1 Å². The average Bonchev–Trinajstić information content (AvgIpc) is 2.08. The summed E-state index contributed by atoms with van der Waals surface area (Å²) in [5.41, 5.74) is 2.34. The SMILES string of the molecule is Cc1ccc(CCl)c([N+](=O)[O-])c1C. The standard InChI is InChI=1S/C9H10ClNO2/c1-6-3-4-8(5-10)9(7(6)2)11(12)13/h3-4H,5H2,1-2H3. The number of rotatable bonds is 2. The smallest absolute Gasteiger partial charge is 0.258 e. The Morgan fingerprint density at radius 1 is 1.46 bits per heavy atom. The summed E-state index contributed by atoms with van der Waals surface area (Å²) >= 11 is 5.60. The molecule has 0 aliphatic heterocycles. The van der Waals surface area contributed by atoms with Crippen molar-refractivity contribution in [3.05, 3.63) is 38.9 Å². The van der Waals surface area contributed by atoms with Gasteiger partial charge in [-0.25, -0.2) is 0 Å². The summed E-state index contributed by atoms with van der Waals surface area (Å²) in [6, 6.07) is 3.55. The van der Waals surface area contributed by atoms with Gasteiger partial charge in [-0.1, -0.05) is 12.1 Å². The van der Waals surface area contributed by atoms with E-state index in [-0.39, 0.29) is 16.5 Å². The molecule has 0 spiro atoms. The van der Waals surface area contributed by atoms with Crippen LogP contribution in [0.3, 0.4) is 0 Å². The molecule has 0 amide bonds. The van der Waals surface area contributed by atoms with Gasteiger partial charge in [0, 0.05) is 11.1 Å². The molecule has 3 nitrogen and oxygen atoms in total. The fraction of sp³-hybridized carbons (Fsp3) is 0.333. The Labute approximate surface area is 81.5 Å². The maximum absolute atomic E-state index is 10.7. The first-order valence-electron chi connectivity index (χ1n) is 3.87. The van der Waals surface area contributed by atoms with Crippen LogP contribution in [0.2, 0.25) is 0 Å². The Morgan fingerprint density at radius 3 is 2.54 bits per heavy atom. The normalized spacial score (nSPS) is 10.1. The van der Waals surface area contributed by atoms with Crippen molar-refractivity contribution in [1.29, 1.82) is 0 Å². The van der Waals surface area contributed by atoms with Crippen LogP contribution in [-0.2, 0) is 5.88 Å². The van der Waals surface area contributed by atoms with Crippen LogP contribution < -0.4 is 0 Å². The highest BCUT2D eigenvalue weighted by atomic mass is 35.5. The lowest BCUT2D eigenvalue weighted by Crippen LogP contribution is -1.98. The molecule has 13 heavy (non-hydrogen) atoms. The minimum Gasteiger partial charge on any atom is -0.258 e. The molecule has 0 unspecified atom stereocenters. The first-order chi connectivity index (χ1) is 6.07. The largest absolute Gasteiger partial charge is 0.276 e. The van der Waals surface area contributed by atoms with Crippen LogP contribution in [-0.4, -0.2) is 4.92 Å². The maximum Gasteiger partial charge on any atom is 0.276 e. The molecule has 0 aromatic heterocycles. The van der Waals surface area contributed by atoms with E-state index in [0.717, 1.165) is 5.56 Å². The van der Waals surface area contributed by atoms with Gasteiger partial charge in [-0.05, 0) is 19.4 Å². The van der Waals surface area contributed by atoms with E-state index < -0.39 is 0 Å². The quantitative estimate of drug-likeness (QED) is 0.418. The summed E-state index contributed by atoms with van der Waals surface area (Å²) in [7, 11) is 0. The number of benzene rings is 1. The van der Waals surface area contributed by atoms with Crippen molar-refractivity contribution in [2.45, 2.75) is 19.7 Å². The zero-order chi connectivity index (χ0) is 10.0. The van der Waals surface area contributed by atoms with Gasteiger partial charge >= 0.3 is 0 Å². The summed E-state index contributed by atoms with van der Waals surface area (Å²) in [5.74, 6) is 0.178. The molecule has 1 aromatic rings. The van der Waals surface area contributed by atoms with Crippen LogP contribution in [0.4, 0.5) is 5.69 Å². The van der Waals surface area contributed by atoms with Gasteiger partial charge in [-0.15, -0.1) is 11.6 Å². The minimum atomic E-state index is -0.375. The van der Waals surface area contributed by atoms with E-state index in [1.165, 1.54) is 0 Å². The number of aryl methyl sites for hydroxylation is 1. The molecule has 0 aliphatic rings. The maximum atomic E-state index is 10.7. The van der Waals surface area contributed by atoms with Crippen LogP contribution >= 0.6 is 11.6 Å². The van der Waals surface area contributed by atoms with Crippen molar-refractivity contribution in [1.82, 2.24) is 0 Å². The van der Waals surface area contributed by atoms with Gasteiger partial charge in [0.05, 0.1) is 10.8 Å². The van der Waals surface area contributed by atoms with Crippen LogP contribution in [0.5, 0.6) is 0 Å². The predicted molar refractivity (Wildman–Crippen MR) is 52.1 cm³/mol. The van der Waals surface area contributed by atoms with Crippen molar-refractivity contribution in [3.8, 4) is 0 Å². The van der Waals surface area contributed by atoms with Gasteiger partial charge in [0.25, 0.3) is 5.69 Å². The molecule has 0 atom stereocenters. The number of hydrogen-bond donors (Lipinski definition) is 0. The predicted octanol–water partition coefficient (Wildman–Crippen LogP) is 2.95. The molecule has 0 heterocycles. The summed E-state index contributed by atoms with van der Waals surface area (Å²) in [5, 5.41) is 10.7. The minimum absolute atomic E-state index is 0.148. The molecule has 4 heteroatoms. The monoisotopic (exact) mass is 199 g/mol. The fourth-order valence-electron chi connectivity index (χ4n) is 1.22. The second-order valence-corrected chi connectivity index (χ2v) is 3.17. The number of halogens is 1. The highest BCUT2D eigenvalue weighted by molar-refractivity contribution is 6.17. The number of alkyl halides is 1. The van der Waals surface area contributed by atoms with Crippen molar-refractivity contribution in [3.63, 3.8) is 0 Å². The van der Waals surface area contributed by atoms with Gasteiger partial charge in [-0.3, -0.25) is 10.1 Å². The van der Waals surface area contributed by atoms with Gasteiger partial charge < -0.3 is 0 Å². The van der Waals surface area contributed by atoms with Gasteiger partial charge in [-0.2, -0.15) is 0 Å². The molecule has 1 aromatic carbocycles. The molecule has 0 saturated carbocycles. The first-order valence-corrected chi connectivity index (χ1v) is 4.40. The van der Waals surface area contributed by atoms with Crippen molar-refractivity contribution in [2.24, 2.45) is 0 Å². The molecular weight excluding hydrogens is 190 g/mol. The third-order valence-electron chi connectivity index (χ3n) is 2.11. The van der Waals surface area contributed by atoms with Crippen LogP contribution in [0.25, 0.3) is 0 Å². The molecule has 0 fully saturated rings. The summed E-state index contributed by atoms with van der Waals surface area (Å²) in [6.07, 6.45) is 0. The lowest BCUT2D eigenvalue weighted by Gasteiger charge is -2.04. The van der Waals surface area contributed by atoms with Crippen molar-refractivity contribution < 1.29 is 4.92 Å². The zero-order valence-corrected chi connectivity index (χ0v) is 8.26. The highest BCUT2D eigenvalue weighted by Gasteiger charge is 2.17. The molecule has 0 aliphatic carbocycles. The fourth-order valence-corrected chi connectivity index (χ4v) is 1.43. The third-order valence-corrected chi connectivity index (χ3v) is 2.40. The van der Waals surface area contributed by atoms with Crippen molar-refractivity contribution in [2.75, 3.05) is 0 Å². The molecule has 0 N–H and O–H groups in total. The summed E-state index contributed by atoms with van der Waals surface area (Å²) in [4.78, 5) is 10.3. The Hall–Kier alpha value is -1.09. The van der Waals surface area contributed by atoms with Gasteiger partial charge in [0.2, 0.25) is 0 Å². The zero-order valence-electron chi connectivity index (χ0n) is 7.50. The second-order valence-electron chi connectivity index (χ2n) is 2.91. The van der Waals surface area contributed by atoms with Gasteiger partial charge in [0.1, 0.15) is 0 Å². The molecule has 1 rings (SSSR count). The van der Waals surface area contributed by atoms with E-state index in [2.05, 4.69) is 0 Å². The van der Waals surface area contributed by atoms with E-state index in [9.17, 15) is 10.1 Å². The number of nitro benzene ring substituents is 1. The van der Waals surface area contributed by atoms with E-state index in [1.807, 2.05) is 13.0 Å². The number of nitrogens with zero attached hydrogens (tertiary/aromatic N) is 1. The van der Waals surface area contributed by atoms with E-state index >= 15 is 0 Å². The lowest BCUT2D eigenvalue weighted by molar-refractivity contribution is -0.386. The Bertz CT molecular complexity index is 350. The van der Waals surface area contributed by atoms with Crippen LogP contribution in [0.15, 0.2) is 12.1 Å². The van der Waals surface area contributed by atoms with Crippen LogP contribution in [0, 0.1) is 24.0 Å². The average molecular weight is 200 g/mol. The number of hydrogen-bond acceptors (Lipinski definition) is 2. The lowest BCUT2D eigenvalue weighted by atomic mass is 10.0. The molecule has 0 bridgehead atoms. The Balaban J connectivity index is 3.41. The molecule has 70 valence electrons. The summed E-state index contributed by atoms with van der Waals surface area (Å²) < 4.78 is 0. The number of nitro groups is 1. The second kappa shape index (κ2) is 3.75. The third kappa shape index (κ3) is 1.80. The summed E-state index contributed by atoms with van der Waals surface area (Å²) in [6.45, 7) is 3.59. The Kier molecular flexibility index (Phi) is 2.88. The van der Waals surface area contributed by atoms with E-state index in [1.54, 1.807) is 13.0 Å². The van der Waals surface area contributed by atoms with Crippen LogP contribution in [0.1, 0.15) is 16.7 Å². The van der Waals surface area contributed by atoms with E-state index in [4.69, 9.17) is 11.6 Å². The Morgan fingerprint density at radius 2 is 2.08 bits per heavy atom. The molecule has 0 saturated heterocycles. The van der Waals surface area contributed by atoms with Gasteiger partial charge in [0.15, 0.2) is 0 Å². The first kappa shape index (κ1) is 9.99. The van der Waals surface area contributed by atoms with E-state index in [0.29, 0.717) is 11.1 Å². The van der Waals surface area contributed by atoms with Crippen molar-refractivity contribution >= 4 is 17.3 Å². The highest BCUT2D eigenvalue weighted by Crippen LogP contribution is 2.26.